The van der Waals surface area contributed by atoms with Gasteiger partial charge in [0, 0.05) is 18.0 Å². The molecule has 0 amide bonds. The molecule has 30 heavy (non-hydrogen) atoms. The first-order valence-corrected chi connectivity index (χ1v) is 9.04. The van der Waals surface area contributed by atoms with E-state index in [4.69, 9.17) is 4.74 Å². The van der Waals surface area contributed by atoms with Gasteiger partial charge in [-0.2, -0.15) is 0 Å². The van der Waals surface area contributed by atoms with Gasteiger partial charge in [-0.15, -0.1) is 0 Å². The van der Waals surface area contributed by atoms with Gasteiger partial charge in [0.15, 0.2) is 23.0 Å². The molecular weight excluding hydrogens is 392 g/mol. The lowest BCUT2D eigenvalue weighted by atomic mass is 10.0. The molecule has 0 saturated heterocycles. The van der Waals surface area contributed by atoms with E-state index in [9.17, 15) is 18.7 Å². The Kier molecular flexibility index (Phi) is 5.16. The fourth-order valence-electron chi connectivity index (χ4n) is 3.16. The third-order valence-electron chi connectivity index (χ3n) is 4.64. The van der Waals surface area contributed by atoms with Gasteiger partial charge in [-0.3, -0.25) is 9.20 Å². The molecular formula is C22H17F2N3O3. The van der Waals surface area contributed by atoms with Crippen molar-refractivity contribution in [3.63, 3.8) is 0 Å². The van der Waals surface area contributed by atoms with Gasteiger partial charge < -0.3 is 15.2 Å². The predicted molar refractivity (Wildman–Crippen MR) is 108 cm³/mol. The first-order valence-electron chi connectivity index (χ1n) is 9.04. The van der Waals surface area contributed by atoms with Crippen molar-refractivity contribution in [2.24, 2.45) is 0 Å². The second-order valence-corrected chi connectivity index (χ2v) is 6.52. The molecule has 0 spiro atoms. The average molecular weight is 409 g/mol. The van der Waals surface area contributed by atoms with Crippen LogP contribution in [0.15, 0.2) is 71.7 Å². The van der Waals surface area contributed by atoms with E-state index in [1.807, 2.05) is 0 Å². The standard InChI is InChI=1S/C22H17F2N3O3/c1-30-17-8-5-11-27-21(17)26-20(25-14-9-10-15(23)16(24)12-14)18(22(27)29)19(28)13-6-3-2-4-7-13/h2-12,19,25,28H,1H3. The number of aromatic nitrogens is 2. The van der Waals surface area contributed by atoms with Crippen LogP contribution in [0.3, 0.4) is 0 Å². The fraction of sp³-hybridized carbons (Fsp3) is 0.0909. The summed E-state index contributed by atoms with van der Waals surface area (Å²) < 4.78 is 33.5. The van der Waals surface area contributed by atoms with Gasteiger partial charge in [-0.25, -0.2) is 13.8 Å². The molecule has 0 fully saturated rings. The van der Waals surface area contributed by atoms with E-state index in [-0.39, 0.29) is 22.7 Å². The summed E-state index contributed by atoms with van der Waals surface area (Å²) in [4.78, 5) is 17.7. The summed E-state index contributed by atoms with van der Waals surface area (Å²) >= 11 is 0. The molecule has 0 bridgehead atoms. The van der Waals surface area contributed by atoms with E-state index in [2.05, 4.69) is 10.3 Å². The minimum absolute atomic E-state index is 0.00635. The maximum Gasteiger partial charge on any atom is 0.266 e. The van der Waals surface area contributed by atoms with Gasteiger partial charge >= 0.3 is 0 Å². The highest BCUT2D eigenvalue weighted by Crippen LogP contribution is 2.29. The Labute approximate surface area is 170 Å². The Morgan fingerprint density at radius 2 is 1.83 bits per heavy atom. The molecule has 8 heteroatoms. The van der Waals surface area contributed by atoms with Gasteiger partial charge in [0.05, 0.1) is 12.7 Å². The van der Waals surface area contributed by atoms with E-state index in [1.54, 1.807) is 42.5 Å². The van der Waals surface area contributed by atoms with Crippen LogP contribution in [-0.2, 0) is 0 Å². The van der Waals surface area contributed by atoms with Crippen molar-refractivity contribution in [2.75, 3.05) is 12.4 Å². The van der Waals surface area contributed by atoms with Crippen molar-refractivity contribution in [3.8, 4) is 5.75 Å². The number of fused-ring (bicyclic) bond motifs is 1. The molecule has 0 saturated carbocycles. The Morgan fingerprint density at radius 3 is 2.53 bits per heavy atom. The quantitative estimate of drug-likeness (QED) is 0.524. The number of methoxy groups -OCH3 is 1. The third kappa shape index (κ3) is 3.48. The van der Waals surface area contributed by atoms with Gasteiger partial charge in [0.25, 0.3) is 5.56 Å². The van der Waals surface area contributed by atoms with Crippen molar-refractivity contribution in [3.05, 3.63) is 100.0 Å². The van der Waals surface area contributed by atoms with E-state index in [0.29, 0.717) is 11.3 Å². The van der Waals surface area contributed by atoms with Crippen LogP contribution in [0.2, 0.25) is 0 Å². The third-order valence-corrected chi connectivity index (χ3v) is 4.64. The zero-order valence-corrected chi connectivity index (χ0v) is 15.8. The molecule has 6 nitrogen and oxygen atoms in total. The van der Waals surface area contributed by atoms with Gasteiger partial charge in [0.2, 0.25) is 0 Å². The number of benzene rings is 2. The number of aliphatic hydroxyl groups is 1. The summed E-state index contributed by atoms with van der Waals surface area (Å²) in [7, 11) is 1.44. The lowest BCUT2D eigenvalue weighted by Crippen LogP contribution is -2.25. The number of hydrogen-bond donors (Lipinski definition) is 2. The number of hydrogen-bond acceptors (Lipinski definition) is 5. The minimum atomic E-state index is -1.30. The first kappa shape index (κ1) is 19.5. The fourth-order valence-corrected chi connectivity index (χ4v) is 3.16. The summed E-state index contributed by atoms with van der Waals surface area (Å²) in [5.41, 5.74) is 0.283. The van der Waals surface area contributed by atoms with Crippen LogP contribution in [0.1, 0.15) is 17.2 Å². The van der Waals surface area contributed by atoms with E-state index in [0.717, 1.165) is 12.1 Å². The van der Waals surface area contributed by atoms with Gasteiger partial charge in [-0.05, 0) is 29.8 Å². The van der Waals surface area contributed by atoms with Crippen molar-refractivity contribution in [2.45, 2.75) is 6.10 Å². The molecule has 0 aliphatic heterocycles. The second kappa shape index (κ2) is 7.92. The highest BCUT2D eigenvalue weighted by molar-refractivity contribution is 5.65. The number of aliphatic hydroxyl groups excluding tert-OH is 1. The van der Waals surface area contributed by atoms with Crippen molar-refractivity contribution >= 4 is 17.2 Å². The van der Waals surface area contributed by atoms with E-state index >= 15 is 0 Å². The smallest absolute Gasteiger partial charge is 0.266 e. The van der Waals surface area contributed by atoms with Crippen molar-refractivity contribution in [1.82, 2.24) is 9.38 Å². The topological polar surface area (TPSA) is 75.9 Å². The molecule has 0 aliphatic rings. The molecule has 1 atom stereocenters. The predicted octanol–water partition coefficient (Wildman–Crippen LogP) is 3.81. The summed E-state index contributed by atoms with van der Waals surface area (Å²) in [5, 5.41) is 13.8. The zero-order valence-electron chi connectivity index (χ0n) is 15.8. The molecule has 0 radical (unpaired) electrons. The minimum Gasteiger partial charge on any atom is -0.493 e. The molecule has 2 N–H and O–H groups in total. The molecule has 0 aliphatic carbocycles. The summed E-state index contributed by atoms with van der Waals surface area (Å²) in [6.07, 6.45) is 0.206. The Hall–Kier alpha value is -3.78. The van der Waals surface area contributed by atoms with Crippen LogP contribution < -0.4 is 15.6 Å². The van der Waals surface area contributed by atoms with Crippen LogP contribution in [0.25, 0.3) is 5.65 Å². The number of nitrogens with zero attached hydrogens (tertiary/aromatic N) is 2. The van der Waals surface area contributed by atoms with E-state index < -0.39 is 23.3 Å². The summed E-state index contributed by atoms with van der Waals surface area (Å²) in [6, 6.07) is 15.1. The van der Waals surface area contributed by atoms with Gasteiger partial charge in [0.1, 0.15) is 11.9 Å². The molecule has 2 aromatic heterocycles. The number of ether oxygens (including phenoxy) is 1. The maximum absolute atomic E-state index is 13.7. The Bertz CT molecular complexity index is 1280. The Balaban J connectivity index is 1.95. The van der Waals surface area contributed by atoms with Crippen LogP contribution in [0, 0.1) is 11.6 Å². The molecule has 4 aromatic rings. The molecule has 152 valence electrons. The highest BCUT2D eigenvalue weighted by Gasteiger charge is 2.23. The summed E-state index contributed by atoms with van der Waals surface area (Å²) in [6.45, 7) is 0. The number of pyridine rings is 1. The van der Waals surface area contributed by atoms with Crippen molar-refractivity contribution in [1.29, 1.82) is 0 Å². The number of anilines is 2. The number of nitrogens with one attached hydrogen (secondary N) is 1. The summed E-state index contributed by atoms with van der Waals surface area (Å²) in [5.74, 6) is -1.71. The normalized spacial score (nSPS) is 12.0. The SMILES string of the molecule is COc1cccn2c(=O)c(C(O)c3ccccc3)c(Nc3ccc(F)c(F)c3)nc12. The van der Waals surface area contributed by atoms with E-state index in [1.165, 1.54) is 23.8 Å². The molecule has 2 aromatic carbocycles. The first-order chi connectivity index (χ1) is 14.5. The number of halogens is 2. The van der Waals surface area contributed by atoms with Crippen LogP contribution in [0.4, 0.5) is 20.3 Å². The van der Waals surface area contributed by atoms with Crippen molar-refractivity contribution < 1.29 is 18.6 Å². The average Bonchev–Trinajstić information content (AvgIpc) is 2.76. The van der Waals surface area contributed by atoms with Crippen LogP contribution >= 0.6 is 0 Å². The van der Waals surface area contributed by atoms with Gasteiger partial charge in [-0.1, -0.05) is 30.3 Å². The van der Waals surface area contributed by atoms with Crippen LogP contribution in [-0.4, -0.2) is 21.6 Å². The van der Waals surface area contributed by atoms with Crippen LogP contribution in [0.5, 0.6) is 5.75 Å². The molecule has 4 rings (SSSR count). The number of rotatable bonds is 5. The monoisotopic (exact) mass is 409 g/mol. The second-order valence-electron chi connectivity index (χ2n) is 6.52. The maximum atomic E-state index is 13.7. The molecule has 2 heterocycles. The highest BCUT2D eigenvalue weighted by atomic mass is 19.2. The zero-order chi connectivity index (χ0) is 21.3. The Morgan fingerprint density at radius 1 is 1.07 bits per heavy atom. The molecule has 1 unspecified atom stereocenters. The lowest BCUT2D eigenvalue weighted by Gasteiger charge is -2.18. The largest absolute Gasteiger partial charge is 0.493 e. The lowest BCUT2D eigenvalue weighted by molar-refractivity contribution is 0.219.